The van der Waals surface area contributed by atoms with E-state index in [0.29, 0.717) is 16.6 Å². The molecule has 1 saturated carbocycles. The van der Waals surface area contributed by atoms with Crippen molar-refractivity contribution in [3.05, 3.63) is 16.8 Å². The van der Waals surface area contributed by atoms with Gasteiger partial charge >= 0.3 is 5.91 Å². The molecule has 1 aliphatic heterocycles. The summed E-state index contributed by atoms with van der Waals surface area (Å²) in [5, 5.41) is 6.39. The molecule has 6 heteroatoms. The zero-order valence-electron chi connectivity index (χ0n) is 8.57. The fraction of sp³-hybridized carbons (Fsp3) is 0.600. The topological polar surface area (TPSA) is 67.2 Å². The minimum Gasteiger partial charge on any atom is -0.425 e. The molecule has 1 aromatic rings. The molecule has 2 heterocycles. The smallest absolute Gasteiger partial charge is 0.307 e. The lowest BCUT2D eigenvalue weighted by atomic mass is 10.0. The van der Waals surface area contributed by atoms with Gasteiger partial charge in [0, 0.05) is 18.6 Å². The molecule has 2 bridgehead atoms. The molecule has 3 atom stereocenters. The third-order valence-electron chi connectivity index (χ3n) is 3.35. The number of hydrogen-bond donors (Lipinski definition) is 2. The summed E-state index contributed by atoms with van der Waals surface area (Å²) in [7, 11) is 0. The summed E-state index contributed by atoms with van der Waals surface area (Å²) in [6.45, 7) is 1.00. The van der Waals surface area contributed by atoms with Crippen LogP contribution >= 0.6 is 15.9 Å². The van der Waals surface area contributed by atoms with Gasteiger partial charge in [-0.05, 0) is 34.7 Å². The highest BCUT2D eigenvalue weighted by Gasteiger charge is 2.40. The van der Waals surface area contributed by atoms with Crippen molar-refractivity contribution >= 4 is 21.8 Å². The minimum absolute atomic E-state index is 0.127. The molecular weight excluding hydrogens is 274 g/mol. The van der Waals surface area contributed by atoms with Crippen LogP contribution in [0.15, 0.2) is 15.3 Å². The van der Waals surface area contributed by atoms with Crippen LogP contribution in [0, 0.1) is 5.92 Å². The van der Waals surface area contributed by atoms with E-state index >= 15 is 0 Å². The minimum atomic E-state index is -0.219. The Hall–Kier alpha value is -0.880. The first kappa shape index (κ1) is 10.3. The van der Waals surface area contributed by atoms with Crippen molar-refractivity contribution in [1.29, 1.82) is 0 Å². The van der Waals surface area contributed by atoms with Crippen molar-refractivity contribution in [2.75, 3.05) is 6.54 Å². The second kappa shape index (κ2) is 3.85. The summed E-state index contributed by atoms with van der Waals surface area (Å²) in [5.41, 5.74) is 0. The van der Waals surface area contributed by atoms with Gasteiger partial charge in [0.25, 0.3) is 5.89 Å². The van der Waals surface area contributed by atoms with Crippen LogP contribution in [0.3, 0.4) is 0 Å². The van der Waals surface area contributed by atoms with Crippen LogP contribution in [0.5, 0.6) is 0 Å². The maximum atomic E-state index is 11.8. The largest absolute Gasteiger partial charge is 0.425 e. The number of amides is 1. The Morgan fingerprint density at radius 2 is 2.50 bits per heavy atom. The van der Waals surface area contributed by atoms with E-state index < -0.39 is 0 Å². The number of aromatic nitrogens is 1. The van der Waals surface area contributed by atoms with Crippen LogP contribution in [0.2, 0.25) is 0 Å². The van der Waals surface area contributed by atoms with Crippen molar-refractivity contribution in [3.8, 4) is 0 Å². The van der Waals surface area contributed by atoms with Gasteiger partial charge in [0.2, 0.25) is 0 Å². The van der Waals surface area contributed by atoms with Crippen molar-refractivity contribution in [3.63, 3.8) is 0 Å². The lowest BCUT2D eigenvalue weighted by Crippen LogP contribution is -2.44. The van der Waals surface area contributed by atoms with E-state index in [1.165, 1.54) is 12.6 Å². The molecule has 3 unspecified atom stereocenters. The number of fused-ring (bicyclic) bond motifs is 2. The number of nitrogens with zero attached hydrogens (tertiary/aromatic N) is 1. The second-order valence-corrected chi connectivity index (χ2v) is 5.17. The van der Waals surface area contributed by atoms with Gasteiger partial charge in [-0.2, -0.15) is 0 Å². The molecule has 1 aliphatic carbocycles. The molecular formula is C10H12BrN3O2. The first-order valence-electron chi connectivity index (χ1n) is 5.38. The zero-order valence-corrected chi connectivity index (χ0v) is 10.2. The van der Waals surface area contributed by atoms with E-state index in [9.17, 15) is 4.79 Å². The third kappa shape index (κ3) is 1.76. The van der Waals surface area contributed by atoms with E-state index in [2.05, 4.69) is 31.5 Å². The molecule has 1 aromatic heterocycles. The van der Waals surface area contributed by atoms with E-state index in [1.54, 1.807) is 0 Å². The number of halogens is 1. The SMILES string of the molecule is O=C(NC1CC2CC1CN2)c1ncc(Br)o1. The standard InChI is InChI=1S/C10H12BrN3O2/c11-8-4-13-10(16-8)9(15)14-7-2-6-1-5(7)3-12-6/h4-7,12H,1-3H2,(H,14,15). The molecule has 2 N–H and O–H groups in total. The van der Waals surface area contributed by atoms with Crippen LogP contribution in [-0.2, 0) is 0 Å². The lowest BCUT2D eigenvalue weighted by Gasteiger charge is -2.22. The molecule has 3 rings (SSSR count). The first-order valence-corrected chi connectivity index (χ1v) is 6.17. The van der Waals surface area contributed by atoms with Crippen molar-refractivity contribution < 1.29 is 9.21 Å². The predicted octanol–water partition coefficient (Wildman–Crippen LogP) is 0.917. The predicted molar refractivity (Wildman–Crippen MR) is 60.0 cm³/mol. The van der Waals surface area contributed by atoms with Crippen LogP contribution in [0.25, 0.3) is 0 Å². The van der Waals surface area contributed by atoms with Crippen molar-refractivity contribution in [2.24, 2.45) is 5.92 Å². The number of nitrogens with one attached hydrogen (secondary N) is 2. The Kier molecular flexibility index (Phi) is 2.48. The van der Waals surface area contributed by atoms with Crippen molar-refractivity contribution in [1.82, 2.24) is 15.6 Å². The van der Waals surface area contributed by atoms with Gasteiger partial charge in [-0.25, -0.2) is 4.98 Å². The number of oxazole rings is 1. The van der Waals surface area contributed by atoms with Crippen LogP contribution in [-0.4, -0.2) is 29.5 Å². The first-order chi connectivity index (χ1) is 7.72. The molecule has 0 spiro atoms. The molecule has 2 fully saturated rings. The zero-order chi connectivity index (χ0) is 11.1. The number of hydrogen-bond acceptors (Lipinski definition) is 4. The average molecular weight is 286 g/mol. The monoisotopic (exact) mass is 285 g/mol. The summed E-state index contributed by atoms with van der Waals surface area (Å²) in [6, 6.07) is 0.844. The van der Waals surface area contributed by atoms with E-state index in [4.69, 9.17) is 4.42 Å². The van der Waals surface area contributed by atoms with E-state index in [-0.39, 0.29) is 17.8 Å². The van der Waals surface area contributed by atoms with Gasteiger partial charge in [-0.15, -0.1) is 0 Å². The number of carbonyl (C=O) groups excluding carboxylic acids is 1. The van der Waals surface area contributed by atoms with Gasteiger partial charge in [0.05, 0.1) is 6.20 Å². The Balaban J connectivity index is 1.65. The summed E-state index contributed by atoms with van der Waals surface area (Å²) in [6.07, 6.45) is 3.66. The van der Waals surface area contributed by atoms with Gasteiger partial charge in [-0.3, -0.25) is 4.79 Å². The summed E-state index contributed by atoms with van der Waals surface area (Å²) in [5.74, 6) is 0.471. The molecule has 86 valence electrons. The van der Waals surface area contributed by atoms with Crippen molar-refractivity contribution in [2.45, 2.75) is 24.9 Å². The van der Waals surface area contributed by atoms with Gasteiger partial charge in [0.15, 0.2) is 4.67 Å². The Labute approximate surface area is 101 Å². The maximum Gasteiger partial charge on any atom is 0.307 e. The molecule has 0 aromatic carbocycles. The van der Waals surface area contributed by atoms with Crippen LogP contribution < -0.4 is 10.6 Å². The number of piperidine rings is 1. The maximum absolute atomic E-state index is 11.8. The van der Waals surface area contributed by atoms with E-state index in [1.807, 2.05) is 0 Å². The number of carbonyl (C=O) groups is 1. The van der Waals surface area contributed by atoms with E-state index in [0.717, 1.165) is 13.0 Å². The van der Waals surface area contributed by atoms with Gasteiger partial charge in [0.1, 0.15) is 0 Å². The van der Waals surface area contributed by atoms with Gasteiger partial charge in [-0.1, -0.05) is 0 Å². The van der Waals surface area contributed by atoms with Crippen LogP contribution in [0.1, 0.15) is 23.5 Å². The summed E-state index contributed by atoms with van der Waals surface area (Å²) in [4.78, 5) is 15.7. The molecule has 2 aliphatic rings. The summed E-state index contributed by atoms with van der Waals surface area (Å²) >= 11 is 3.13. The molecule has 1 amide bonds. The molecule has 0 radical (unpaired) electrons. The normalized spacial score (nSPS) is 31.9. The molecule has 1 saturated heterocycles. The van der Waals surface area contributed by atoms with Gasteiger partial charge < -0.3 is 15.1 Å². The fourth-order valence-corrected chi connectivity index (χ4v) is 2.86. The lowest BCUT2D eigenvalue weighted by molar-refractivity contribution is 0.0888. The highest BCUT2D eigenvalue weighted by molar-refractivity contribution is 9.10. The highest BCUT2D eigenvalue weighted by Crippen LogP contribution is 2.31. The highest BCUT2D eigenvalue weighted by atomic mass is 79.9. The molecule has 5 nitrogen and oxygen atoms in total. The summed E-state index contributed by atoms with van der Waals surface area (Å²) < 4.78 is 5.59. The quantitative estimate of drug-likeness (QED) is 0.848. The Bertz CT molecular complexity index is 420. The Morgan fingerprint density at radius 3 is 3.06 bits per heavy atom. The number of rotatable bonds is 2. The molecule has 16 heavy (non-hydrogen) atoms. The fourth-order valence-electron chi connectivity index (χ4n) is 2.60. The third-order valence-corrected chi connectivity index (χ3v) is 3.72. The average Bonchev–Trinajstić information content (AvgIpc) is 2.92. The van der Waals surface area contributed by atoms with Crippen LogP contribution in [0.4, 0.5) is 0 Å². The second-order valence-electron chi connectivity index (χ2n) is 4.39. The Morgan fingerprint density at radius 1 is 1.62 bits per heavy atom.